The molecule has 1 aromatic heterocycles. The van der Waals surface area contributed by atoms with Gasteiger partial charge in [-0.05, 0) is 12.1 Å². The molecular formula is C13H16F2N6O. The van der Waals surface area contributed by atoms with Gasteiger partial charge >= 0.3 is 6.61 Å². The van der Waals surface area contributed by atoms with Crippen molar-refractivity contribution in [2.45, 2.75) is 6.61 Å². The Hall–Kier alpha value is -2.71. The smallest absolute Gasteiger partial charge is 0.387 e. The zero-order valence-electron chi connectivity index (χ0n) is 12.3. The van der Waals surface area contributed by atoms with E-state index < -0.39 is 6.61 Å². The summed E-state index contributed by atoms with van der Waals surface area (Å²) in [6.45, 7) is -2.91. The number of nitrogens with zero attached hydrogens (tertiary/aromatic N) is 4. The van der Waals surface area contributed by atoms with Gasteiger partial charge in [0.2, 0.25) is 17.8 Å². The van der Waals surface area contributed by atoms with E-state index in [0.29, 0.717) is 17.6 Å². The van der Waals surface area contributed by atoms with Crippen molar-refractivity contribution in [3.8, 4) is 5.75 Å². The Kier molecular flexibility index (Phi) is 4.87. The number of halogens is 2. The number of benzene rings is 1. The van der Waals surface area contributed by atoms with Crippen LogP contribution in [0.2, 0.25) is 0 Å². The van der Waals surface area contributed by atoms with E-state index in [4.69, 9.17) is 0 Å². The van der Waals surface area contributed by atoms with E-state index in [0.717, 1.165) is 0 Å². The highest BCUT2D eigenvalue weighted by Gasteiger charge is 2.12. The maximum Gasteiger partial charge on any atom is 0.387 e. The third-order valence-electron chi connectivity index (χ3n) is 2.60. The Bertz CT molecular complexity index is 638. The van der Waals surface area contributed by atoms with Crippen LogP contribution in [0.25, 0.3) is 0 Å². The van der Waals surface area contributed by atoms with E-state index in [-0.39, 0.29) is 11.7 Å². The minimum Gasteiger partial charge on any atom is -0.433 e. The van der Waals surface area contributed by atoms with Crippen LogP contribution in [0.3, 0.4) is 0 Å². The van der Waals surface area contributed by atoms with Gasteiger partial charge in [-0.3, -0.25) is 0 Å². The zero-order valence-corrected chi connectivity index (χ0v) is 12.3. The molecule has 0 aliphatic rings. The van der Waals surface area contributed by atoms with Crippen LogP contribution in [0, 0.1) is 0 Å². The fraction of sp³-hybridized carbons (Fsp3) is 0.308. The third kappa shape index (κ3) is 3.90. The first-order valence-corrected chi connectivity index (χ1v) is 6.41. The Morgan fingerprint density at radius 1 is 1.09 bits per heavy atom. The van der Waals surface area contributed by atoms with Crippen molar-refractivity contribution in [1.29, 1.82) is 0 Å². The lowest BCUT2D eigenvalue weighted by atomic mass is 10.3. The van der Waals surface area contributed by atoms with Crippen molar-refractivity contribution >= 4 is 23.5 Å². The lowest BCUT2D eigenvalue weighted by molar-refractivity contribution is -0.0493. The summed E-state index contributed by atoms with van der Waals surface area (Å²) in [5.74, 6) is 1.01. The molecule has 0 aliphatic carbocycles. The zero-order chi connectivity index (χ0) is 16.1. The molecule has 0 unspecified atom stereocenters. The minimum absolute atomic E-state index is 0.00956. The summed E-state index contributed by atoms with van der Waals surface area (Å²) < 4.78 is 29.3. The van der Waals surface area contributed by atoms with Gasteiger partial charge in [0.1, 0.15) is 5.75 Å². The first kappa shape index (κ1) is 15.7. The lowest BCUT2D eigenvalue weighted by Crippen LogP contribution is -2.16. The molecule has 0 saturated carbocycles. The number of anilines is 4. The van der Waals surface area contributed by atoms with Crippen molar-refractivity contribution < 1.29 is 13.5 Å². The molecule has 0 bridgehead atoms. The highest BCUT2D eigenvalue weighted by Crippen LogP contribution is 2.28. The molecule has 2 rings (SSSR count). The fourth-order valence-corrected chi connectivity index (χ4v) is 1.62. The second-order valence-corrected chi connectivity index (χ2v) is 4.43. The molecule has 118 valence electrons. The number of rotatable bonds is 6. The van der Waals surface area contributed by atoms with Crippen LogP contribution in [0.1, 0.15) is 0 Å². The average molecular weight is 310 g/mol. The van der Waals surface area contributed by atoms with Crippen LogP contribution in [-0.4, -0.2) is 42.7 Å². The van der Waals surface area contributed by atoms with E-state index in [9.17, 15) is 8.78 Å². The molecule has 22 heavy (non-hydrogen) atoms. The topological polar surface area (TPSA) is 75.2 Å². The number of nitrogens with one attached hydrogen (secondary N) is 2. The molecule has 9 heteroatoms. The highest BCUT2D eigenvalue weighted by molar-refractivity contribution is 5.63. The Morgan fingerprint density at radius 2 is 1.77 bits per heavy atom. The number of alkyl halides is 2. The summed E-state index contributed by atoms with van der Waals surface area (Å²) in [5.41, 5.74) is 0.334. The fourth-order valence-electron chi connectivity index (χ4n) is 1.62. The minimum atomic E-state index is -2.91. The average Bonchev–Trinajstić information content (AvgIpc) is 2.48. The second kappa shape index (κ2) is 6.83. The van der Waals surface area contributed by atoms with Gasteiger partial charge in [0.05, 0.1) is 5.69 Å². The summed E-state index contributed by atoms with van der Waals surface area (Å²) in [5, 5.41) is 5.68. The SMILES string of the molecule is CNc1nc(Nc2ccccc2OC(F)F)nc(N(C)C)n1. The Balaban J connectivity index is 2.32. The van der Waals surface area contributed by atoms with Crippen LogP contribution in [-0.2, 0) is 0 Å². The lowest BCUT2D eigenvalue weighted by Gasteiger charge is -2.15. The quantitative estimate of drug-likeness (QED) is 0.848. The predicted octanol–water partition coefficient (Wildman–Crippen LogP) is 2.32. The summed E-state index contributed by atoms with van der Waals surface area (Å²) >= 11 is 0. The normalized spacial score (nSPS) is 10.5. The highest BCUT2D eigenvalue weighted by atomic mass is 19.3. The molecule has 2 N–H and O–H groups in total. The van der Waals surface area contributed by atoms with Gasteiger partial charge in [0, 0.05) is 21.1 Å². The molecule has 2 aromatic rings. The maximum absolute atomic E-state index is 12.4. The predicted molar refractivity (Wildman–Crippen MR) is 80.1 cm³/mol. The van der Waals surface area contributed by atoms with Gasteiger partial charge in [-0.2, -0.15) is 23.7 Å². The maximum atomic E-state index is 12.4. The van der Waals surface area contributed by atoms with E-state index in [2.05, 4.69) is 30.3 Å². The van der Waals surface area contributed by atoms with Crippen LogP contribution in [0.15, 0.2) is 24.3 Å². The van der Waals surface area contributed by atoms with Gasteiger partial charge in [0.25, 0.3) is 0 Å². The first-order valence-electron chi connectivity index (χ1n) is 6.41. The van der Waals surface area contributed by atoms with Crippen LogP contribution in [0.4, 0.5) is 32.3 Å². The third-order valence-corrected chi connectivity index (χ3v) is 2.60. The summed E-state index contributed by atoms with van der Waals surface area (Å²) in [6.07, 6.45) is 0. The number of ether oxygens (including phenoxy) is 1. The van der Waals surface area contributed by atoms with Gasteiger partial charge in [-0.1, -0.05) is 12.1 Å². The number of aromatic nitrogens is 3. The molecule has 0 amide bonds. The van der Waals surface area contributed by atoms with Crippen LogP contribution in [0.5, 0.6) is 5.75 Å². The van der Waals surface area contributed by atoms with E-state index in [1.165, 1.54) is 6.07 Å². The molecule has 7 nitrogen and oxygen atoms in total. The van der Waals surface area contributed by atoms with Gasteiger partial charge in [0.15, 0.2) is 0 Å². The Morgan fingerprint density at radius 3 is 2.41 bits per heavy atom. The van der Waals surface area contributed by atoms with Gasteiger partial charge < -0.3 is 20.3 Å². The molecule has 0 fully saturated rings. The Labute approximate surface area is 126 Å². The standard InChI is InChI=1S/C13H16F2N6O/c1-16-11-18-12(20-13(19-11)21(2)3)17-8-6-4-5-7-9(8)22-10(14)15/h4-7,10H,1-3H3,(H2,16,17,18,19,20). The van der Waals surface area contributed by atoms with Crippen molar-refractivity contribution in [2.24, 2.45) is 0 Å². The van der Waals surface area contributed by atoms with Gasteiger partial charge in [-0.15, -0.1) is 0 Å². The molecule has 0 spiro atoms. The molecule has 0 atom stereocenters. The second-order valence-electron chi connectivity index (χ2n) is 4.43. The number of hydrogen-bond donors (Lipinski definition) is 2. The van der Waals surface area contributed by atoms with Gasteiger partial charge in [-0.25, -0.2) is 0 Å². The molecular weight excluding hydrogens is 294 g/mol. The van der Waals surface area contributed by atoms with E-state index >= 15 is 0 Å². The molecule has 0 aliphatic heterocycles. The van der Waals surface area contributed by atoms with Crippen molar-refractivity contribution in [1.82, 2.24) is 15.0 Å². The van der Waals surface area contributed by atoms with Crippen molar-refractivity contribution in [2.75, 3.05) is 36.7 Å². The molecule has 0 radical (unpaired) electrons. The van der Waals surface area contributed by atoms with Crippen molar-refractivity contribution in [3.05, 3.63) is 24.3 Å². The van der Waals surface area contributed by atoms with E-state index in [1.54, 1.807) is 44.2 Å². The molecule has 1 aromatic carbocycles. The van der Waals surface area contributed by atoms with Crippen LogP contribution < -0.4 is 20.3 Å². The van der Waals surface area contributed by atoms with E-state index in [1.807, 2.05) is 0 Å². The summed E-state index contributed by atoms with van der Waals surface area (Å²) in [6, 6.07) is 6.31. The van der Waals surface area contributed by atoms with Crippen molar-refractivity contribution in [3.63, 3.8) is 0 Å². The first-order chi connectivity index (χ1) is 10.5. The van der Waals surface area contributed by atoms with Crippen LogP contribution >= 0.6 is 0 Å². The number of para-hydroxylation sites is 2. The monoisotopic (exact) mass is 310 g/mol. The summed E-state index contributed by atoms with van der Waals surface area (Å²) in [4.78, 5) is 14.2. The largest absolute Gasteiger partial charge is 0.433 e. The molecule has 1 heterocycles. The summed E-state index contributed by atoms with van der Waals surface area (Å²) in [7, 11) is 5.24. The number of hydrogen-bond acceptors (Lipinski definition) is 7. The molecule has 0 saturated heterocycles.